The smallest absolute Gasteiger partial charge is 0.251 e. The van der Waals surface area contributed by atoms with E-state index in [0.29, 0.717) is 17.7 Å². The minimum atomic E-state index is -0.101. The fourth-order valence-electron chi connectivity index (χ4n) is 6.21. The molecule has 5 nitrogen and oxygen atoms in total. The van der Waals surface area contributed by atoms with Crippen molar-refractivity contribution in [1.29, 1.82) is 5.26 Å². The number of fused-ring (bicyclic) bond motifs is 9. The molecular weight excluding hydrogens is 482 g/mol. The third-order valence-corrected chi connectivity index (χ3v) is 8.29. The fourth-order valence-corrected chi connectivity index (χ4v) is 6.21. The first-order valence-corrected chi connectivity index (χ1v) is 13.2. The van der Waals surface area contributed by atoms with E-state index in [0.717, 1.165) is 62.5 Å². The average molecular weight is 510 g/mol. The molecule has 0 radical (unpaired) electrons. The van der Waals surface area contributed by atoms with Crippen molar-refractivity contribution in [3.05, 3.63) is 105 Å². The van der Waals surface area contributed by atoms with Crippen molar-refractivity contribution < 1.29 is 9.21 Å². The van der Waals surface area contributed by atoms with E-state index in [-0.39, 0.29) is 5.91 Å². The maximum absolute atomic E-state index is 13.3. The minimum absolute atomic E-state index is 0.101. The maximum Gasteiger partial charge on any atom is 0.251 e. The number of hydrogen-bond donors (Lipinski definition) is 2. The average Bonchev–Trinajstić information content (AvgIpc) is 3.66. The lowest BCUT2D eigenvalue weighted by Crippen LogP contribution is -2.24. The Hall–Kier alpha value is -4.66. The molecular formula is C34H27N3O2. The third kappa shape index (κ3) is 3.60. The van der Waals surface area contributed by atoms with Gasteiger partial charge in [0.05, 0.1) is 11.6 Å². The monoisotopic (exact) mass is 509 g/mol. The molecule has 2 aromatic heterocycles. The van der Waals surface area contributed by atoms with Crippen LogP contribution >= 0.6 is 0 Å². The number of aryl methyl sites for hydroxylation is 2. The molecule has 2 bridgehead atoms. The Morgan fingerprint density at radius 2 is 1.69 bits per heavy atom. The van der Waals surface area contributed by atoms with Crippen LogP contribution in [0.2, 0.25) is 0 Å². The Balaban J connectivity index is 1.23. The number of rotatable bonds is 4. The summed E-state index contributed by atoms with van der Waals surface area (Å²) in [6, 6.07) is 22.5. The van der Waals surface area contributed by atoms with Crippen LogP contribution in [0.1, 0.15) is 49.3 Å². The van der Waals surface area contributed by atoms with Gasteiger partial charge in [-0.2, -0.15) is 5.26 Å². The molecule has 0 fully saturated rings. The van der Waals surface area contributed by atoms with Gasteiger partial charge in [0.2, 0.25) is 0 Å². The van der Waals surface area contributed by atoms with E-state index in [9.17, 15) is 10.1 Å². The van der Waals surface area contributed by atoms with Crippen molar-refractivity contribution in [3.8, 4) is 17.2 Å². The molecule has 0 saturated carbocycles. The van der Waals surface area contributed by atoms with Gasteiger partial charge in [0.1, 0.15) is 11.2 Å². The SMILES string of the molecule is Cc1ccc(-c2ccc3c(c2)c2oc3c3ccc(C(=O)NCc4c(C)cc5c(c4C)CNC5)cc32)c(C#N)c1. The highest BCUT2D eigenvalue weighted by molar-refractivity contribution is 6.26. The van der Waals surface area contributed by atoms with E-state index in [4.69, 9.17) is 4.42 Å². The zero-order valence-corrected chi connectivity index (χ0v) is 22.2. The fraction of sp³-hybridized carbons (Fsp3) is 0.176. The van der Waals surface area contributed by atoms with E-state index in [1.54, 1.807) is 0 Å². The standard InChI is InChI=1S/C34H27N3O2/c1-18-4-7-25(23(10-18)14-35)21-5-8-26-28(12-21)33-29-13-22(6-9-27(29)32(26)39-33)34(38)37-17-30-19(2)11-24-15-36-16-31(24)20(30)3/h4-13,36H,15-17H2,1-3H3,(H,37,38). The van der Waals surface area contributed by atoms with Gasteiger partial charge in [-0.1, -0.05) is 24.3 Å². The molecule has 5 heteroatoms. The van der Waals surface area contributed by atoms with Gasteiger partial charge in [0.25, 0.3) is 5.91 Å². The minimum Gasteiger partial charge on any atom is -0.455 e. The highest BCUT2D eigenvalue weighted by Gasteiger charge is 2.21. The van der Waals surface area contributed by atoms with E-state index in [1.807, 2.05) is 49.4 Å². The van der Waals surface area contributed by atoms with Crippen LogP contribution < -0.4 is 10.6 Å². The third-order valence-electron chi connectivity index (χ3n) is 8.29. The Bertz CT molecular complexity index is 2010. The molecule has 0 aliphatic carbocycles. The first-order chi connectivity index (χ1) is 18.9. The summed E-state index contributed by atoms with van der Waals surface area (Å²) < 4.78 is 6.25. The molecule has 39 heavy (non-hydrogen) atoms. The summed E-state index contributed by atoms with van der Waals surface area (Å²) in [6.07, 6.45) is 0. The first-order valence-electron chi connectivity index (χ1n) is 13.2. The van der Waals surface area contributed by atoms with Gasteiger partial charge in [-0.3, -0.25) is 4.79 Å². The van der Waals surface area contributed by atoms with Gasteiger partial charge in [-0.15, -0.1) is 0 Å². The summed E-state index contributed by atoms with van der Waals surface area (Å²) in [5.74, 6) is -0.101. The van der Waals surface area contributed by atoms with Crippen LogP contribution in [-0.4, -0.2) is 5.91 Å². The molecule has 0 atom stereocenters. The van der Waals surface area contributed by atoms with Crippen LogP contribution in [0.25, 0.3) is 43.8 Å². The number of nitriles is 1. The molecule has 7 rings (SSSR count). The van der Waals surface area contributed by atoms with Crippen LogP contribution in [0.4, 0.5) is 0 Å². The van der Waals surface area contributed by atoms with Crippen molar-refractivity contribution >= 4 is 38.6 Å². The second-order valence-corrected chi connectivity index (χ2v) is 10.7. The van der Waals surface area contributed by atoms with Gasteiger partial charge in [-0.05, 0) is 102 Å². The molecule has 1 amide bonds. The Morgan fingerprint density at radius 1 is 0.923 bits per heavy atom. The maximum atomic E-state index is 13.3. The Labute approximate surface area is 226 Å². The molecule has 2 N–H and O–H groups in total. The van der Waals surface area contributed by atoms with Gasteiger partial charge in [0, 0.05) is 46.7 Å². The largest absolute Gasteiger partial charge is 0.455 e. The lowest BCUT2D eigenvalue weighted by molar-refractivity contribution is 0.0951. The quantitative estimate of drug-likeness (QED) is 0.247. The topological polar surface area (TPSA) is 78.1 Å². The van der Waals surface area contributed by atoms with Gasteiger partial charge in [-0.25, -0.2) is 0 Å². The number of hydrogen-bond acceptors (Lipinski definition) is 4. The van der Waals surface area contributed by atoms with E-state index >= 15 is 0 Å². The second kappa shape index (κ2) is 8.69. The summed E-state index contributed by atoms with van der Waals surface area (Å²) >= 11 is 0. The molecule has 6 aromatic rings. The lowest BCUT2D eigenvalue weighted by Gasteiger charge is -2.15. The van der Waals surface area contributed by atoms with Crippen LogP contribution in [0.5, 0.6) is 0 Å². The van der Waals surface area contributed by atoms with Crippen LogP contribution in [0.15, 0.2) is 65.1 Å². The predicted octanol–water partition coefficient (Wildman–Crippen LogP) is 7.17. The molecule has 3 heterocycles. The summed E-state index contributed by atoms with van der Waals surface area (Å²) in [5, 5.41) is 20.2. The molecule has 4 aromatic carbocycles. The highest BCUT2D eigenvalue weighted by Crippen LogP contribution is 2.42. The number of benzene rings is 5. The number of amides is 1. The summed E-state index contributed by atoms with van der Waals surface area (Å²) in [6.45, 7) is 8.55. The highest BCUT2D eigenvalue weighted by atomic mass is 16.3. The normalized spacial score (nSPS) is 12.9. The predicted molar refractivity (Wildman–Crippen MR) is 155 cm³/mol. The number of nitrogens with one attached hydrogen (secondary N) is 2. The van der Waals surface area contributed by atoms with Crippen LogP contribution in [0, 0.1) is 32.1 Å². The number of carbonyl (C=O) groups is 1. The van der Waals surface area contributed by atoms with E-state index in [1.165, 1.54) is 27.8 Å². The van der Waals surface area contributed by atoms with Gasteiger partial charge >= 0.3 is 0 Å². The van der Waals surface area contributed by atoms with Crippen molar-refractivity contribution in [2.75, 3.05) is 0 Å². The molecule has 0 spiro atoms. The Morgan fingerprint density at radius 3 is 2.51 bits per heavy atom. The second-order valence-electron chi connectivity index (χ2n) is 10.7. The van der Waals surface area contributed by atoms with Crippen molar-refractivity contribution in [2.24, 2.45) is 0 Å². The molecule has 190 valence electrons. The first kappa shape index (κ1) is 23.5. The Kier molecular flexibility index (Phi) is 5.23. The molecule has 0 unspecified atom stereocenters. The summed E-state index contributed by atoms with van der Waals surface area (Å²) in [7, 11) is 0. The zero-order valence-electron chi connectivity index (χ0n) is 22.2. The van der Waals surface area contributed by atoms with Crippen molar-refractivity contribution in [3.63, 3.8) is 0 Å². The lowest BCUT2D eigenvalue weighted by atomic mass is 9.94. The summed E-state index contributed by atoms with van der Waals surface area (Å²) in [4.78, 5) is 13.3. The van der Waals surface area contributed by atoms with E-state index < -0.39 is 0 Å². The zero-order chi connectivity index (χ0) is 26.8. The number of furan rings is 2. The summed E-state index contributed by atoms with van der Waals surface area (Å²) in [5.41, 5.74) is 12.2. The number of nitrogens with zero attached hydrogens (tertiary/aromatic N) is 1. The van der Waals surface area contributed by atoms with Crippen LogP contribution in [0.3, 0.4) is 0 Å². The molecule has 1 aliphatic rings. The van der Waals surface area contributed by atoms with Gasteiger partial charge in [0.15, 0.2) is 0 Å². The van der Waals surface area contributed by atoms with Crippen molar-refractivity contribution in [2.45, 2.75) is 40.4 Å². The molecule has 1 aliphatic heterocycles. The molecule has 0 saturated heterocycles. The number of carbonyl (C=O) groups excluding carboxylic acids is 1. The van der Waals surface area contributed by atoms with Gasteiger partial charge < -0.3 is 15.1 Å². The van der Waals surface area contributed by atoms with Crippen molar-refractivity contribution in [1.82, 2.24) is 10.6 Å². The van der Waals surface area contributed by atoms with Crippen LogP contribution in [-0.2, 0) is 19.6 Å². The van der Waals surface area contributed by atoms with E-state index in [2.05, 4.69) is 48.7 Å².